The van der Waals surface area contributed by atoms with Crippen molar-refractivity contribution in [3.05, 3.63) is 47.5 Å². The molecule has 0 saturated heterocycles. The molecule has 0 aliphatic rings. The Kier molecular flexibility index (Phi) is 2.32. The summed E-state index contributed by atoms with van der Waals surface area (Å²) in [4.78, 5) is 10.6. The minimum Gasteiger partial charge on any atom is -0.303 e. The molecule has 0 aliphatic carbocycles. The van der Waals surface area contributed by atoms with Crippen LogP contribution in [0.3, 0.4) is 0 Å². The highest BCUT2D eigenvalue weighted by molar-refractivity contribution is 5.88. The molecule has 2 aromatic rings. The maximum absolute atomic E-state index is 10.6. The van der Waals surface area contributed by atoms with E-state index in [1.165, 1.54) is 16.3 Å². The van der Waals surface area contributed by atoms with E-state index in [0.717, 1.165) is 11.8 Å². The number of hydrogen-bond donors (Lipinski definition) is 0. The molecule has 14 heavy (non-hydrogen) atoms. The first-order valence-corrected chi connectivity index (χ1v) is 4.74. The van der Waals surface area contributed by atoms with Crippen molar-refractivity contribution in [3.63, 3.8) is 0 Å². The lowest BCUT2D eigenvalue weighted by molar-refractivity contribution is -0.107. The Bertz CT molecular complexity index is 472. The Morgan fingerprint density at radius 2 is 1.93 bits per heavy atom. The summed E-state index contributed by atoms with van der Waals surface area (Å²) < 4.78 is 0. The Balaban J connectivity index is 2.75. The van der Waals surface area contributed by atoms with Gasteiger partial charge in [-0.15, -0.1) is 0 Å². The third-order valence-electron chi connectivity index (χ3n) is 2.56. The number of carbonyl (C=O) groups excluding carboxylic acids is 1. The zero-order chi connectivity index (χ0) is 9.97. The second-order valence-electron chi connectivity index (χ2n) is 3.45. The van der Waals surface area contributed by atoms with Gasteiger partial charge in [-0.1, -0.05) is 36.4 Å². The van der Waals surface area contributed by atoms with E-state index in [2.05, 4.69) is 24.3 Å². The van der Waals surface area contributed by atoms with E-state index in [4.69, 9.17) is 0 Å². The molecule has 0 fully saturated rings. The average molecular weight is 184 g/mol. The smallest absolute Gasteiger partial charge is 0.124 e. The maximum Gasteiger partial charge on any atom is 0.124 e. The Hall–Kier alpha value is -1.63. The molecular formula is C13H12O. The topological polar surface area (TPSA) is 17.1 Å². The molecule has 2 rings (SSSR count). The average Bonchev–Trinajstić information content (AvgIpc) is 2.23. The summed E-state index contributed by atoms with van der Waals surface area (Å²) >= 11 is 0. The molecule has 0 aromatic heterocycles. The van der Waals surface area contributed by atoms with Gasteiger partial charge in [0.1, 0.15) is 6.29 Å². The molecule has 0 bridgehead atoms. The second-order valence-corrected chi connectivity index (χ2v) is 3.45. The summed E-state index contributed by atoms with van der Waals surface area (Å²) in [5.41, 5.74) is 2.34. The molecule has 1 heteroatoms. The van der Waals surface area contributed by atoms with E-state index in [9.17, 15) is 4.79 Å². The fourth-order valence-corrected chi connectivity index (χ4v) is 1.80. The lowest BCUT2D eigenvalue weighted by Crippen LogP contribution is -1.92. The largest absolute Gasteiger partial charge is 0.303 e. The van der Waals surface area contributed by atoms with Crippen molar-refractivity contribution in [1.82, 2.24) is 0 Å². The summed E-state index contributed by atoms with van der Waals surface area (Å²) in [6.45, 7) is 2.05. The minimum absolute atomic E-state index is 0.507. The van der Waals surface area contributed by atoms with Crippen LogP contribution < -0.4 is 0 Å². The molecule has 0 radical (unpaired) electrons. The van der Waals surface area contributed by atoms with Crippen molar-refractivity contribution < 1.29 is 4.79 Å². The van der Waals surface area contributed by atoms with Crippen molar-refractivity contribution in [2.45, 2.75) is 13.3 Å². The van der Waals surface area contributed by atoms with Gasteiger partial charge in [0.05, 0.1) is 0 Å². The molecule has 0 saturated carbocycles. The molecule has 0 aliphatic heterocycles. The second kappa shape index (κ2) is 3.62. The van der Waals surface area contributed by atoms with Crippen molar-refractivity contribution >= 4 is 17.1 Å². The predicted molar refractivity (Wildman–Crippen MR) is 58.5 cm³/mol. The van der Waals surface area contributed by atoms with Crippen LogP contribution in [0, 0.1) is 6.92 Å². The fourth-order valence-electron chi connectivity index (χ4n) is 1.80. The van der Waals surface area contributed by atoms with E-state index < -0.39 is 0 Å². The third-order valence-corrected chi connectivity index (χ3v) is 2.56. The Morgan fingerprint density at radius 3 is 2.71 bits per heavy atom. The predicted octanol–water partition coefficient (Wildman–Crippen LogP) is 2.89. The van der Waals surface area contributed by atoms with Crippen LogP contribution in [0.2, 0.25) is 0 Å². The number of hydrogen-bond acceptors (Lipinski definition) is 1. The van der Waals surface area contributed by atoms with E-state index in [0.29, 0.717) is 6.42 Å². The molecule has 70 valence electrons. The van der Waals surface area contributed by atoms with Gasteiger partial charge < -0.3 is 4.79 Å². The van der Waals surface area contributed by atoms with E-state index in [1.54, 1.807) is 0 Å². The van der Waals surface area contributed by atoms with Crippen molar-refractivity contribution in [2.75, 3.05) is 0 Å². The van der Waals surface area contributed by atoms with Crippen molar-refractivity contribution in [2.24, 2.45) is 0 Å². The van der Waals surface area contributed by atoms with Crippen LogP contribution in [0.15, 0.2) is 36.4 Å². The maximum atomic E-state index is 10.6. The Morgan fingerprint density at radius 1 is 1.14 bits per heavy atom. The number of rotatable bonds is 2. The fraction of sp³-hybridized carbons (Fsp3) is 0.154. The summed E-state index contributed by atoms with van der Waals surface area (Å²) in [6.07, 6.45) is 1.47. The van der Waals surface area contributed by atoms with Crippen LogP contribution >= 0.6 is 0 Å². The summed E-state index contributed by atoms with van der Waals surface area (Å²) in [6, 6.07) is 12.3. The van der Waals surface area contributed by atoms with Crippen LogP contribution in [0.5, 0.6) is 0 Å². The van der Waals surface area contributed by atoms with Crippen LogP contribution in [0.4, 0.5) is 0 Å². The first-order chi connectivity index (χ1) is 6.83. The molecule has 0 amide bonds. The van der Waals surface area contributed by atoms with E-state index >= 15 is 0 Å². The molecule has 0 unspecified atom stereocenters. The number of fused-ring (bicyclic) bond motifs is 1. The van der Waals surface area contributed by atoms with Crippen LogP contribution in [0.1, 0.15) is 11.1 Å². The van der Waals surface area contributed by atoms with Gasteiger partial charge in [-0.25, -0.2) is 0 Å². The highest BCUT2D eigenvalue weighted by atomic mass is 16.1. The SMILES string of the molecule is Cc1ccc2ccccc2c1CC=O. The molecular weight excluding hydrogens is 172 g/mol. The monoisotopic (exact) mass is 184 g/mol. The number of aldehydes is 1. The number of aryl methyl sites for hydroxylation is 1. The van der Waals surface area contributed by atoms with E-state index in [-0.39, 0.29) is 0 Å². The molecule has 0 spiro atoms. The van der Waals surface area contributed by atoms with E-state index in [1.807, 2.05) is 19.1 Å². The van der Waals surface area contributed by atoms with Gasteiger partial charge in [-0.3, -0.25) is 0 Å². The lowest BCUT2D eigenvalue weighted by Gasteiger charge is -2.06. The molecule has 0 heterocycles. The first-order valence-electron chi connectivity index (χ1n) is 4.74. The number of benzene rings is 2. The van der Waals surface area contributed by atoms with Gasteiger partial charge in [-0.05, 0) is 28.8 Å². The Labute approximate surface area is 83.4 Å². The minimum atomic E-state index is 0.507. The van der Waals surface area contributed by atoms with Gasteiger partial charge >= 0.3 is 0 Å². The standard InChI is InChI=1S/C13H12O/c1-10-6-7-11-4-2-3-5-13(11)12(10)8-9-14/h2-7,9H,8H2,1H3. The molecule has 0 N–H and O–H groups in total. The molecule has 2 aromatic carbocycles. The molecule has 0 atom stereocenters. The van der Waals surface area contributed by atoms with Crippen molar-refractivity contribution in [1.29, 1.82) is 0 Å². The third kappa shape index (κ3) is 1.41. The summed E-state index contributed by atoms with van der Waals surface area (Å²) in [7, 11) is 0. The number of carbonyl (C=O) groups is 1. The van der Waals surface area contributed by atoms with Gasteiger partial charge in [0.2, 0.25) is 0 Å². The summed E-state index contributed by atoms with van der Waals surface area (Å²) in [5, 5.41) is 2.40. The van der Waals surface area contributed by atoms with Gasteiger partial charge in [0.15, 0.2) is 0 Å². The highest BCUT2D eigenvalue weighted by Gasteiger charge is 2.02. The van der Waals surface area contributed by atoms with Gasteiger partial charge in [0, 0.05) is 6.42 Å². The summed E-state index contributed by atoms with van der Waals surface area (Å²) in [5.74, 6) is 0. The molecule has 1 nitrogen and oxygen atoms in total. The zero-order valence-corrected chi connectivity index (χ0v) is 8.16. The zero-order valence-electron chi connectivity index (χ0n) is 8.16. The first kappa shape index (κ1) is 8.95. The van der Waals surface area contributed by atoms with Gasteiger partial charge in [-0.2, -0.15) is 0 Å². The van der Waals surface area contributed by atoms with Gasteiger partial charge in [0.25, 0.3) is 0 Å². The van der Waals surface area contributed by atoms with Crippen LogP contribution in [0.25, 0.3) is 10.8 Å². The normalized spacial score (nSPS) is 10.4. The van der Waals surface area contributed by atoms with Crippen LogP contribution in [-0.2, 0) is 11.2 Å². The van der Waals surface area contributed by atoms with Crippen LogP contribution in [-0.4, -0.2) is 6.29 Å². The van der Waals surface area contributed by atoms with Crippen molar-refractivity contribution in [3.8, 4) is 0 Å². The highest BCUT2D eigenvalue weighted by Crippen LogP contribution is 2.21. The quantitative estimate of drug-likeness (QED) is 0.656. The lowest BCUT2D eigenvalue weighted by atomic mass is 9.98.